The Balaban J connectivity index is 1.76. The molecule has 10 heteroatoms. The molecule has 1 amide bonds. The molecule has 0 atom stereocenters. The molecule has 0 aliphatic heterocycles. The lowest BCUT2D eigenvalue weighted by Gasteiger charge is -2.09. The minimum atomic E-state index is -0.169. The fourth-order valence-corrected chi connectivity index (χ4v) is 3.69. The van der Waals surface area contributed by atoms with Gasteiger partial charge in [0, 0.05) is 24.8 Å². The molecule has 1 heterocycles. The number of halogens is 1. The Morgan fingerprint density at radius 1 is 1.38 bits per heavy atom. The SMILES string of the molecule is CCOCCCNc1nnc(SCC(=O)Nc2cc(Cl)ccc2OC)s1. The van der Waals surface area contributed by atoms with Gasteiger partial charge in [0.1, 0.15) is 5.75 Å². The third-order valence-corrected chi connectivity index (χ3v) is 5.36. The zero-order valence-corrected chi connectivity index (χ0v) is 17.0. The van der Waals surface area contributed by atoms with E-state index in [1.54, 1.807) is 18.2 Å². The molecule has 2 N–H and O–H groups in total. The van der Waals surface area contributed by atoms with Gasteiger partial charge in [-0.25, -0.2) is 0 Å². The van der Waals surface area contributed by atoms with E-state index >= 15 is 0 Å². The molecule has 1 aromatic heterocycles. The second-order valence-electron chi connectivity index (χ2n) is 5.03. The summed E-state index contributed by atoms with van der Waals surface area (Å²) in [6.45, 7) is 4.19. The minimum Gasteiger partial charge on any atom is -0.495 e. The van der Waals surface area contributed by atoms with E-state index in [4.69, 9.17) is 21.1 Å². The van der Waals surface area contributed by atoms with Crippen molar-refractivity contribution in [3.05, 3.63) is 23.2 Å². The van der Waals surface area contributed by atoms with Gasteiger partial charge in [-0.15, -0.1) is 10.2 Å². The number of carbonyl (C=O) groups excluding carboxylic acids is 1. The largest absolute Gasteiger partial charge is 0.495 e. The highest BCUT2D eigenvalue weighted by Crippen LogP contribution is 2.29. The Morgan fingerprint density at radius 2 is 2.23 bits per heavy atom. The van der Waals surface area contributed by atoms with E-state index in [0.29, 0.717) is 16.5 Å². The Kier molecular flexibility index (Phi) is 8.96. The molecule has 1 aromatic carbocycles. The van der Waals surface area contributed by atoms with Crippen molar-refractivity contribution < 1.29 is 14.3 Å². The average Bonchev–Trinajstić information content (AvgIpc) is 3.08. The molecule has 142 valence electrons. The molecule has 0 aliphatic carbocycles. The maximum absolute atomic E-state index is 12.1. The molecule has 0 spiro atoms. The lowest BCUT2D eigenvalue weighted by Crippen LogP contribution is -2.14. The van der Waals surface area contributed by atoms with Crippen molar-refractivity contribution in [3.63, 3.8) is 0 Å². The van der Waals surface area contributed by atoms with Crippen LogP contribution in [0.25, 0.3) is 0 Å². The molecule has 0 saturated heterocycles. The molecule has 2 rings (SSSR count). The van der Waals surface area contributed by atoms with E-state index in [-0.39, 0.29) is 11.7 Å². The normalized spacial score (nSPS) is 10.6. The van der Waals surface area contributed by atoms with Crippen LogP contribution in [0.4, 0.5) is 10.8 Å². The quantitative estimate of drug-likeness (QED) is 0.426. The van der Waals surface area contributed by atoms with Gasteiger partial charge < -0.3 is 20.1 Å². The summed E-state index contributed by atoms with van der Waals surface area (Å²) in [5.41, 5.74) is 0.541. The number of hydrogen-bond acceptors (Lipinski definition) is 8. The summed E-state index contributed by atoms with van der Waals surface area (Å²) in [6, 6.07) is 5.06. The van der Waals surface area contributed by atoms with Crippen LogP contribution in [0.2, 0.25) is 5.02 Å². The van der Waals surface area contributed by atoms with Crippen LogP contribution in [0.3, 0.4) is 0 Å². The van der Waals surface area contributed by atoms with Crippen LogP contribution in [0.1, 0.15) is 13.3 Å². The molecule has 0 bridgehead atoms. The van der Waals surface area contributed by atoms with Crippen molar-refractivity contribution in [2.24, 2.45) is 0 Å². The molecule has 2 aromatic rings. The van der Waals surface area contributed by atoms with Crippen molar-refractivity contribution in [2.75, 3.05) is 43.3 Å². The number of anilines is 2. The van der Waals surface area contributed by atoms with Crippen molar-refractivity contribution in [3.8, 4) is 5.75 Å². The number of nitrogens with zero attached hydrogens (tertiary/aromatic N) is 2. The van der Waals surface area contributed by atoms with E-state index in [0.717, 1.165) is 35.7 Å². The predicted octanol–water partition coefficient (Wildman–Crippen LogP) is 3.77. The monoisotopic (exact) mass is 416 g/mol. The van der Waals surface area contributed by atoms with Crippen molar-refractivity contribution >= 4 is 51.4 Å². The van der Waals surface area contributed by atoms with Gasteiger partial charge >= 0.3 is 0 Å². The van der Waals surface area contributed by atoms with Crippen LogP contribution in [0.15, 0.2) is 22.5 Å². The first-order valence-corrected chi connectivity index (χ1v) is 10.2. The van der Waals surface area contributed by atoms with Crippen LogP contribution < -0.4 is 15.4 Å². The first-order chi connectivity index (χ1) is 12.6. The first-order valence-electron chi connectivity index (χ1n) is 8.03. The number of thioether (sulfide) groups is 1. The molecule has 0 unspecified atom stereocenters. The van der Waals surface area contributed by atoms with Gasteiger partial charge in [0.2, 0.25) is 11.0 Å². The molecule has 0 saturated carbocycles. The predicted molar refractivity (Wildman–Crippen MR) is 107 cm³/mol. The highest BCUT2D eigenvalue weighted by Gasteiger charge is 2.11. The van der Waals surface area contributed by atoms with Crippen LogP contribution in [0, 0.1) is 0 Å². The van der Waals surface area contributed by atoms with Gasteiger partial charge in [0.25, 0.3) is 0 Å². The van der Waals surface area contributed by atoms with E-state index < -0.39 is 0 Å². The standard InChI is InChI=1S/C16H21ClN4O3S2/c1-3-24-8-4-7-18-15-20-21-16(26-15)25-10-14(22)19-12-9-11(17)5-6-13(12)23-2/h5-6,9H,3-4,7-8,10H2,1-2H3,(H,18,20)(H,19,22). The van der Waals surface area contributed by atoms with Gasteiger partial charge in [-0.05, 0) is 31.5 Å². The number of rotatable bonds is 11. The molecular weight excluding hydrogens is 396 g/mol. The van der Waals surface area contributed by atoms with E-state index in [1.165, 1.54) is 30.2 Å². The zero-order chi connectivity index (χ0) is 18.8. The molecule has 0 radical (unpaired) electrons. The Morgan fingerprint density at radius 3 is 3.00 bits per heavy atom. The Bertz CT molecular complexity index is 715. The van der Waals surface area contributed by atoms with Crippen LogP contribution in [0.5, 0.6) is 5.75 Å². The van der Waals surface area contributed by atoms with Gasteiger partial charge in [-0.2, -0.15) is 0 Å². The summed E-state index contributed by atoms with van der Waals surface area (Å²) < 4.78 is 11.2. The van der Waals surface area contributed by atoms with Gasteiger partial charge in [-0.3, -0.25) is 4.79 Å². The van der Waals surface area contributed by atoms with E-state index in [2.05, 4.69) is 20.8 Å². The summed E-state index contributed by atoms with van der Waals surface area (Å²) >= 11 is 8.71. The highest BCUT2D eigenvalue weighted by molar-refractivity contribution is 8.01. The summed E-state index contributed by atoms with van der Waals surface area (Å²) in [5, 5.41) is 15.4. The maximum Gasteiger partial charge on any atom is 0.234 e. The number of aromatic nitrogens is 2. The number of benzene rings is 1. The fraction of sp³-hybridized carbons (Fsp3) is 0.438. The molecule has 7 nitrogen and oxygen atoms in total. The second-order valence-corrected chi connectivity index (χ2v) is 7.67. The number of ether oxygens (including phenoxy) is 2. The van der Waals surface area contributed by atoms with E-state index in [9.17, 15) is 4.79 Å². The molecule has 0 fully saturated rings. The smallest absolute Gasteiger partial charge is 0.234 e. The molecule has 0 aliphatic rings. The number of hydrogen-bond donors (Lipinski definition) is 2. The second kappa shape index (κ2) is 11.2. The third-order valence-electron chi connectivity index (χ3n) is 3.11. The number of nitrogens with one attached hydrogen (secondary N) is 2. The Labute approximate surface area is 165 Å². The fourth-order valence-electron chi connectivity index (χ4n) is 1.94. The van der Waals surface area contributed by atoms with E-state index in [1.807, 2.05) is 6.92 Å². The van der Waals surface area contributed by atoms with Crippen molar-refractivity contribution in [1.82, 2.24) is 10.2 Å². The van der Waals surface area contributed by atoms with Gasteiger partial charge in [-0.1, -0.05) is 34.7 Å². The van der Waals surface area contributed by atoms with Gasteiger partial charge in [0.15, 0.2) is 4.34 Å². The molecular formula is C16H21ClN4O3S2. The zero-order valence-electron chi connectivity index (χ0n) is 14.6. The molecule has 26 heavy (non-hydrogen) atoms. The lowest BCUT2D eigenvalue weighted by molar-refractivity contribution is -0.113. The summed E-state index contributed by atoms with van der Waals surface area (Å²) in [7, 11) is 1.54. The first kappa shape index (κ1) is 20.8. The number of amides is 1. The maximum atomic E-state index is 12.1. The summed E-state index contributed by atoms with van der Waals surface area (Å²) in [5.74, 6) is 0.605. The topological polar surface area (TPSA) is 85.4 Å². The number of methoxy groups -OCH3 is 1. The van der Waals surface area contributed by atoms with Crippen LogP contribution in [-0.2, 0) is 9.53 Å². The lowest BCUT2D eigenvalue weighted by atomic mass is 10.3. The third kappa shape index (κ3) is 6.99. The highest BCUT2D eigenvalue weighted by atomic mass is 35.5. The number of carbonyl (C=O) groups is 1. The average molecular weight is 417 g/mol. The Hall–Kier alpha value is -1.55. The van der Waals surface area contributed by atoms with Crippen molar-refractivity contribution in [2.45, 2.75) is 17.7 Å². The van der Waals surface area contributed by atoms with Crippen LogP contribution >= 0.6 is 34.7 Å². The minimum absolute atomic E-state index is 0.169. The summed E-state index contributed by atoms with van der Waals surface area (Å²) in [6.07, 6.45) is 0.903. The van der Waals surface area contributed by atoms with Gasteiger partial charge in [0.05, 0.1) is 18.6 Å². The van der Waals surface area contributed by atoms with Crippen LogP contribution in [-0.4, -0.2) is 48.7 Å². The van der Waals surface area contributed by atoms with Crippen molar-refractivity contribution in [1.29, 1.82) is 0 Å². The summed E-state index contributed by atoms with van der Waals surface area (Å²) in [4.78, 5) is 12.1.